The average molecular weight is 322 g/mol. The zero-order valence-electron chi connectivity index (χ0n) is 12.2. The standard InChI is InChI=1S/C15H19N5O.ClH/c1-2-4-14(21-11-12-5-7-16-8-6-12)13(3-1)19-15-17-9-10-18-20-15;/h1-4,9-10,12,16H,5-8,11H2,(H,17,19,20);1H. The molecule has 1 fully saturated rings. The molecule has 3 rings (SSSR count). The number of anilines is 2. The molecule has 1 aromatic heterocycles. The highest BCUT2D eigenvalue weighted by atomic mass is 35.5. The minimum Gasteiger partial charge on any atom is -0.491 e. The molecule has 2 heterocycles. The largest absolute Gasteiger partial charge is 0.491 e. The van der Waals surface area contributed by atoms with Crippen LogP contribution < -0.4 is 15.4 Å². The Morgan fingerprint density at radius 3 is 2.77 bits per heavy atom. The Labute approximate surface area is 136 Å². The van der Waals surface area contributed by atoms with Crippen LogP contribution in [0.15, 0.2) is 36.7 Å². The second kappa shape index (κ2) is 8.51. The van der Waals surface area contributed by atoms with Gasteiger partial charge in [-0.25, -0.2) is 4.98 Å². The number of benzene rings is 1. The first-order valence-electron chi connectivity index (χ1n) is 7.25. The van der Waals surface area contributed by atoms with E-state index in [4.69, 9.17) is 4.74 Å². The Balaban J connectivity index is 0.00000176. The molecule has 1 aliphatic heterocycles. The maximum Gasteiger partial charge on any atom is 0.247 e. The number of rotatable bonds is 5. The molecule has 0 spiro atoms. The van der Waals surface area contributed by atoms with Crippen molar-refractivity contribution in [1.82, 2.24) is 20.5 Å². The molecule has 118 valence electrons. The van der Waals surface area contributed by atoms with Crippen LogP contribution in [0.3, 0.4) is 0 Å². The first kappa shape index (κ1) is 16.5. The van der Waals surface area contributed by atoms with Gasteiger partial charge in [-0.3, -0.25) is 0 Å². The maximum absolute atomic E-state index is 5.98. The highest BCUT2D eigenvalue weighted by molar-refractivity contribution is 5.85. The van der Waals surface area contributed by atoms with Crippen molar-refractivity contribution in [3.8, 4) is 5.75 Å². The summed E-state index contributed by atoms with van der Waals surface area (Å²) in [6, 6.07) is 7.83. The number of aromatic nitrogens is 3. The average Bonchev–Trinajstić information content (AvgIpc) is 2.56. The van der Waals surface area contributed by atoms with Crippen LogP contribution >= 0.6 is 12.4 Å². The molecule has 0 atom stereocenters. The Bertz CT molecular complexity index is 563. The number of nitrogens with one attached hydrogen (secondary N) is 2. The number of hydrogen-bond acceptors (Lipinski definition) is 6. The second-order valence-electron chi connectivity index (χ2n) is 5.09. The Morgan fingerprint density at radius 1 is 1.18 bits per heavy atom. The quantitative estimate of drug-likeness (QED) is 0.881. The number of ether oxygens (including phenoxy) is 1. The molecular weight excluding hydrogens is 302 g/mol. The van der Waals surface area contributed by atoms with Crippen LogP contribution in [0.4, 0.5) is 11.6 Å². The molecule has 0 aliphatic carbocycles. The molecular formula is C15H20ClN5O. The summed E-state index contributed by atoms with van der Waals surface area (Å²) in [5, 5.41) is 14.2. The van der Waals surface area contributed by atoms with Gasteiger partial charge in [0.1, 0.15) is 5.75 Å². The van der Waals surface area contributed by atoms with Crippen molar-refractivity contribution in [2.45, 2.75) is 12.8 Å². The Kier molecular flexibility index (Phi) is 6.36. The molecule has 0 amide bonds. The third-order valence-corrected chi connectivity index (χ3v) is 3.55. The van der Waals surface area contributed by atoms with Gasteiger partial charge in [-0.15, -0.1) is 17.5 Å². The number of para-hydroxylation sites is 2. The van der Waals surface area contributed by atoms with Crippen molar-refractivity contribution < 1.29 is 4.74 Å². The SMILES string of the molecule is Cl.c1ccc(OCC2CCNCC2)c(Nc2nccnn2)c1. The van der Waals surface area contributed by atoms with E-state index in [1.807, 2.05) is 24.3 Å². The summed E-state index contributed by atoms with van der Waals surface area (Å²) in [7, 11) is 0. The number of nitrogens with zero attached hydrogens (tertiary/aromatic N) is 3. The van der Waals surface area contributed by atoms with Crippen molar-refractivity contribution >= 4 is 24.0 Å². The number of hydrogen-bond donors (Lipinski definition) is 2. The van der Waals surface area contributed by atoms with Gasteiger partial charge in [-0.05, 0) is 44.0 Å². The molecule has 1 aliphatic rings. The summed E-state index contributed by atoms with van der Waals surface area (Å²) in [6.07, 6.45) is 5.49. The summed E-state index contributed by atoms with van der Waals surface area (Å²) in [5.74, 6) is 1.91. The highest BCUT2D eigenvalue weighted by Gasteiger charge is 2.14. The molecule has 0 unspecified atom stereocenters. The van der Waals surface area contributed by atoms with Crippen LogP contribution in [0.5, 0.6) is 5.75 Å². The van der Waals surface area contributed by atoms with Crippen molar-refractivity contribution in [3.05, 3.63) is 36.7 Å². The van der Waals surface area contributed by atoms with Crippen LogP contribution in [0.1, 0.15) is 12.8 Å². The van der Waals surface area contributed by atoms with E-state index >= 15 is 0 Å². The molecule has 2 N–H and O–H groups in total. The number of halogens is 1. The van der Waals surface area contributed by atoms with Gasteiger partial charge in [0.25, 0.3) is 0 Å². The van der Waals surface area contributed by atoms with Crippen LogP contribution in [-0.4, -0.2) is 34.9 Å². The summed E-state index contributed by atoms with van der Waals surface area (Å²) >= 11 is 0. The molecule has 7 heteroatoms. The second-order valence-corrected chi connectivity index (χ2v) is 5.09. The van der Waals surface area contributed by atoms with Crippen LogP contribution in [0, 0.1) is 5.92 Å². The van der Waals surface area contributed by atoms with Crippen molar-refractivity contribution in [3.63, 3.8) is 0 Å². The molecule has 6 nitrogen and oxygen atoms in total. The minimum atomic E-state index is 0. The van der Waals surface area contributed by atoms with Gasteiger partial charge in [-0.1, -0.05) is 12.1 Å². The molecule has 2 aromatic rings. The van der Waals surface area contributed by atoms with Crippen LogP contribution in [-0.2, 0) is 0 Å². The third kappa shape index (κ3) is 4.54. The van der Waals surface area contributed by atoms with Gasteiger partial charge in [-0.2, -0.15) is 5.10 Å². The van der Waals surface area contributed by atoms with Gasteiger partial charge in [0, 0.05) is 0 Å². The lowest BCUT2D eigenvalue weighted by Gasteiger charge is -2.23. The fourth-order valence-corrected chi connectivity index (χ4v) is 2.38. The van der Waals surface area contributed by atoms with Crippen molar-refractivity contribution in [2.24, 2.45) is 5.92 Å². The van der Waals surface area contributed by atoms with E-state index in [1.54, 1.807) is 12.4 Å². The lowest BCUT2D eigenvalue weighted by Crippen LogP contribution is -2.30. The predicted molar refractivity (Wildman–Crippen MR) is 87.9 cm³/mol. The van der Waals surface area contributed by atoms with E-state index < -0.39 is 0 Å². The minimum absolute atomic E-state index is 0. The fraction of sp³-hybridized carbons (Fsp3) is 0.400. The van der Waals surface area contributed by atoms with E-state index in [1.165, 1.54) is 12.8 Å². The summed E-state index contributed by atoms with van der Waals surface area (Å²) < 4.78 is 5.98. The van der Waals surface area contributed by atoms with Crippen LogP contribution in [0.2, 0.25) is 0 Å². The maximum atomic E-state index is 5.98. The van der Waals surface area contributed by atoms with Crippen LogP contribution in [0.25, 0.3) is 0 Å². The van der Waals surface area contributed by atoms with E-state index in [0.717, 1.165) is 31.1 Å². The first-order valence-corrected chi connectivity index (χ1v) is 7.25. The summed E-state index contributed by atoms with van der Waals surface area (Å²) in [4.78, 5) is 4.12. The molecule has 0 bridgehead atoms. The monoisotopic (exact) mass is 321 g/mol. The normalized spacial score (nSPS) is 14.9. The molecule has 1 saturated heterocycles. The van der Waals surface area contributed by atoms with E-state index in [-0.39, 0.29) is 12.4 Å². The topological polar surface area (TPSA) is 72.0 Å². The van der Waals surface area contributed by atoms with Crippen molar-refractivity contribution in [1.29, 1.82) is 0 Å². The predicted octanol–water partition coefficient (Wildman–Crippen LogP) is 2.42. The van der Waals surface area contributed by atoms with Crippen molar-refractivity contribution in [2.75, 3.05) is 25.0 Å². The Hall–Kier alpha value is -1.92. The van der Waals surface area contributed by atoms with E-state index in [9.17, 15) is 0 Å². The lowest BCUT2D eigenvalue weighted by atomic mass is 9.99. The van der Waals surface area contributed by atoms with Gasteiger partial charge in [0.2, 0.25) is 5.95 Å². The first-order chi connectivity index (χ1) is 10.4. The Morgan fingerprint density at radius 2 is 2.00 bits per heavy atom. The number of piperidine rings is 1. The van der Waals surface area contributed by atoms with E-state index in [0.29, 0.717) is 11.9 Å². The van der Waals surface area contributed by atoms with Gasteiger partial charge in [0.05, 0.1) is 24.7 Å². The fourth-order valence-electron chi connectivity index (χ4n) is 2.38. The third-order valence-electron chi connectivity index (χ3n) is 3.55. The highest BCUT2D eigenvalue weighted by Crippen LogP contribution is 2.27. The lowest BCUT2D eigenvalue weighted by molar-refractivity contribution is 0.216. The summed E-state index contributed by atoms with van der Waals surface area (Å²) in [6.45, 7) is 2.91. The van der Waals surface area contributed by atoms with E-state index in [2.05, 4.69) is 25.8 Å². The molecule has 0 radical (unpaired) electrons. The molecule has 0 saturated carbocycles. The van der Waals surface area contributed by atoms with Gasteiger partial charge < -0.3 is 15.4 Å². The van der Waals surface area contributed by atoms with Gasteiger partial charge in [0.15, 0.2) is 0 Å². The van der Waals surface area contributed by atoms with Gasteiger partial charge >= 0.3 is 0 Å². The smallest absolute Gasteiger partial charge is 0.247 e. The zero-order valence-corrected chi connectivity index (χ0v) is 13.1. The summed E-state index contributed by atoms with van der Waals surface area (Å²) in [5.41, 5.74) is 0.861. The molecule has 1 aromatic carbocycles. The molecule has 22 heavy (non-hydrogen) atoms. The zero-order chi connectivity index (χ0) is 14.3.